The molecule has 0 spiro atoms. The van der Waals surface area contributed by atoms with Crippen molar-refractivity contribution in [3.8, 4) is 0 Å². The van der Waals surface area contributed by atoms with Gasteiger partial charge in [-0.15, -0.1) is 11.3 Å². The molecule has 1 amide bonds. The van der Waals surface area contributed by atoms with Gasteiger partial charge in [-0.25, -0.2) is 4.98 Å². The summed E-state index contributed by atoms with van der Waals surface area (Å²) in [6, 6.07) is 0. The molecule has 1 aromatic rings. The van der Waals surface area contributed by atoms with Crippen LogP contribution in [0.25, 0.3) is 0 Å². The molecule has 0 saturated carbocycles. The fourth-order valence-corrected chi connectivity index (χ4v) is 3.02. The third-order valence-electron chi connectivity index (χ3n) is 3.63. The zero-order valence-corrected chi connectivity index (χ0v) is 12.4. The molecule has 0 atom stereocenters. The molecule has 1 aliphatic rings. The largest absolute Gasteiger partial charge is 0.481 e. The molecule has 1 fully saturated rings. The molecule has 0 bridgehead atoms. The van der Waals surface area contributed by atoms with Gasteiger partial charge < -0.3 is 20.9 Å². The van der Waals surface area contributed by atoms with Crippen LogP contribution in [0, 0.1) is 5.41 Å². The Kier molecular flexibility index (Phi) is 5.27. The van der Waals surface area contributed by atoms with E-state index in [0.29, 0.717) is 44.7 Å². The fraction of sp³-hybridized carbons (Fsp3) is 0.615. The quantitative estimate of drug-likeness (QED) is 0.694. The first-order valence-corrected chi connectivity index (χ1v) is 7.69. The third kappa shape index (κ3) is 3.78. The number of amides is 1. The predicted molar refractivity (Wildman–Crippen MR) is 77.3 cm³/mol. The van der Waals surface area contributed by atoms with E-state index in [-0.39, 0.29) is 12.5 Å². The van der Waals surface area contributed by atoms with Crippen molar-refractivity contribution in [3.05, 3.63) is 16.1 Å². The van der Waals surface area contributed by atoms with Crippen LogP contribution in [0.3, 0.4) is 0 Å². The van der Waals surface area contributed by atoms with Crippen LogP contribution in [0.1, 0.15) is 28.3 Å². The highest BCUT2D eigenvalue weighted by Gasteiger charge is 2.40. The molecule has 1 aromatic heterocycles. The van der Waals surface area contributed by atoms with Gasteiger partial charge in [0, 0.05) is 31.6 Å². The number of nitrogens with one attached hydrogen (secondary N) is 1. The van der Waals surface area contributed by atoms with Crippen LogP contribution in [0.4, 0.5) is 0 Å². The van der Waals surface area contributed by atoms with Gasteiger partial charge in [0.2, 0.25) is 0 Å². The first kappa shape index (κ1) is 15.9. The summed E-state index contributed by atoms with van der Waals surface area (Å²) in [5.41, 5.74) is 4.82. The highest BCUT2D eigenvalue weighted by Crippen LogP contribution is 2.30. The van der Waals surface area contributed by atoms with Crippen molar-refractivity contribution in [1.29, 1.82) is 0 Å². The van der Waals surface area contributed by atoms with E-state index in [1.54, 1.807) is 5.38 Å². The van der Waals surface area contributed by atoms with Crippen LogP contribution in [0.5, 0.6) is 0 Å². The van der Waals surface area contributed by atoms with Gasteiger partial charge in [0.15, 0.2) is 0 Å². The van der Waals surface area contributed by atoms with Crippen molar-refractivity contribution in [1.82, 2.24) is 10.3 Å². The fourth-order valence-electron chi connectivity index (χ4n) is 2.22. The number of hydrogen-bond acceptors (Lipinski definition) is 6. The molecule has 0 radical (unpaired) electrons. The molecular weight excluding hydrogens is 294 g/mol. The van der Waals surface area contributed by atoms with Crippen LogP contribution >= 0.6 is 11.3 Å². The lowest BCUT2D eigenvalue weighted by Gasteiger charge is -2.32. The van der Waals surface area contributed by atoms with Crippen molar-refractivity contribution < 1.29 is 19.4 Å². The summed E-state index contributed by atoms with van der Waals surface area (Å²) in [7, 11) is 0. The van der Waals surface area contributed by atoms with Crippen molar-refractivity contribution in [2.24, 2.45) is 11.1 Å². The maximum atomic E-state index is 12.0. The Balaban J connectivity index is 1.96. The van der Waals surface area contributed by atoms with Crippen LogP contribution in [0.2, 0.25) is 0 Å². The molecule has 0 aliphatic carbocycles. The van der Waals surface area contributed by atoms with Gasteiger partial charge in [-0.1, -0.05) is 0 Å². The Morgan fingerprint density at radius 2 is 2.19 bits per heavy atom. The third-order valence-corrected chi connectivity index (χ3v) is 4.54. The SMILES string of the molecule is NCCc1nc(C(=O)NCC2(C(=O)O)CCOCC2)cs1. The minimum absolute atomic E-state index is 0.0915. The maximum absolute atomic E-state index is 12.0. The zero-order valence-electron chi connectivity index (χ0n) is 11.6. The van der Waals surface area contributed by atoms with Gasteiger partial charge in [-0.3, -0.25) is 9.59 Å². The lowest BCUT2D eigenvalue weighted by molar-refractivity contribution is -0.154. The van der Waals surface area contributed by atoms with E-state index >= 15 is 0 Å². The number of ether oxygens (including phenoxy) is 1. The number of carbonyl (C=O) groups is 2. The summed E-state index contributed by atoms with van der Waals surface area (Å²) in [6.45, 7) is 1.38. The lowest BCUT2D eigenvalue weighted by atomic mass is 9.80. The molecular formula is C13H19N3O4S. The molecule has 7 nitrogen and oxygen atoms in total. The van der Waals surface area contributed by atoms with Gasteiger partial charge >= 0.3 is 5.97 Å². The number of carboxylic acid groups (broad SMARTS) is 1. The normalized spacial score (nSPS) is 17.4. The average Bonchev–Trinajstić information content (AvgIpc) is 2.95. The molecule has 1 saturated heterocycles. The first-order valence-electron chi connectivity index (χ1n) is 6.81. The highest BCUT2D eigenvalue weighted by molar-refractivity contribution is 7.09. The van der Waals surface area contributed by atoms with Crippen molar-refractivity contribution in [3.63, 3.8) is 0 Å². The smallest absolute Gasteiger partial charge is 0.311 e. The monoisotopic (exact) mass is 313 g/mol. The molecule has 0 unspecified atom stereocenters. The zero-order chi connectivity index (χ0) is 15.3. The molecule has 8 heteroatoms. The van der Waals surface area contributed by atoms with Gasteiger partial charge in [-0.2, -0.15) is 0 Å². The van der Waals surface area contributed by atoms with Gasteiger partial charge in [0.05, 0.1) is 10.4 Å². The lowest BCUT2D eigenvalue weighted by Crippen LogP contribution is -2.46. The van der Waals surface area contributed by atoms with Crippen LogP contribution in [0.15, 0.2) is 5.38 Å². The number of aromatic nitrogens is 1. The molecule has 116 valence electrons. The van der Waals surface area contributed by atoms with E-state index in [4.69, 9.17) is 10.5 Å². The number of rotatable bonds is 6. The maximum Gasteiger partial charge on any atom is 0.311 e. The molecule has 1 aliphatic heterocycles. The number of thiazole rings is 1. The summed E-state index contributed by atoms with van der Waals surface area (Å²) in [4.78, 5) is 27.7. The number of carboxylic acids is 1. The van der Waals surface area contributed by atoms with E-state index in [2.05, 4.69) is 10.3 Å². The molecule has 4 N–H and O–H groups in total. The van der Waals surface area contributed by atoms with Crippen molar-refractivity contribution in [2.75, 3.05) is 26.3 Å². The second kappa shape index (κ2) is 6.97. The Hall–Kier alpha value is -1.51. The minimum atomic E-state index is -0.940. The standard InChI is InChI=1S/C13H19N3O4S/c14-4-1-10-16-9(7-21-10)11(17)15-8-13(12(18)19)2-5-20-6-3-13/h7H,1-6,8,14H2,(H,15,17)(H,18,19). The number of aliphatic carboxylic acids is 1. The predicted octanol–water partition coefficient (Wildman–Crippen LogP) is 0.255. The molecule has 2 rings (SSSR count). The van der Waals surface area contributed by atoms with Gasteiger partial charge in [-0.05, 0) is 19.4 Å². The number of hydrogen-bond donors (Lipinski definition) is 3. The average molecular weight is 313 g/mol. The van der Waals surface area contributed by atoms with Gasteiger partial charge in [0.25, 0.3) is 5.91 Å². The van der Waals surface area contributed by atoms with Crippen LogP contribution in [-0.2, 0) is 16.0 Å². The van der Waals surface area contributed by atoms with E-state index in [1.165, 1.54) is 11.3 Å². The summed E-state index contributed by atoms with van der Waals surface area (Å²) in [5.74, 6) is -1.24. The Bertz CT molecular complexity index is 511. The first-order chi connectivity index (χ1) is 10.1. The second-order valence-electron chi connectivity index (χ2n) is 5.05. The molecule has 0 aromatic carbocycles. The molecule has 21 heavy (non-hydrogen) atoms. The van der Waals surface area contributed by atoms with Crippen LogP contribution in [-0.4, -0.2) is 48.3 Å². The van der Waals surface area contributed by atoms with E-state index in [0.717, 1.165) is 5.01 Å². The van der Waals surface area contributed by atoms with Gasteiger partial charge in [0.1, 0.15) is 5.69 Å². The van der Waals surface area contributed by atoms with E-state index in [9.17, 15) is 14.7 Å². The number of carbonyl (C=O) groups excluding carboxylic acids is 1. The van der Waals surface area contributed by atoms with E-state index in [1.807, 2.05) is 0 Å². The Labute approximate surface area is 126 Å². The topological polar surface area (TPSA) is 115 Å². The highest BCUT2D eigenvalue weighted by atomic mass is 32.1. The summed E-state index contributed by atoms with van der Waals surface area (Å²) in [5, 5.41) is 14.6. The summed E-state index contributed by atoms with van der Waals surface area (Å²) >= 11 is 1.38. The molecule has 2 heterocycles. The summed E-state index contributed by atoms with van der Waals surface area (Å²) < 4.78 is 5.20. The number of nitrogens with zero attached hydrogens (tertiary/aromatic N) is 1. The Morgan fingerprint density at radius 3 is 2.81 bits per heavy atom. The van der Waals surface area contributed by atoms with Crippen molar-refractivity contribution >= 4 is 23.2 Å². The number of nitrogens with two attached hydrogens (primary N) is 1. The summed E-state index contributed by atoms with van der Waals surface area (Å²) in [6.07, 6.45) is 1.44. The van der Waals surface area contributed by atoms with Crippen LogP contribution < -0.4 is 11.1 Å². The second-order valence-corrected chi connectivity index (χ2v) is 5.99. The van der Waals surface area contributed by atoms with Crippen molar-refractivity contribution in [2.45, 2.75) is 19.3 Å². The minimum Gasteiger partial charge on any atom is -0.481 e. The van der Waals surface area contributed by atoms with E-state index < -0.39 is 11.4 Å². The Morgan fingerprint density at radius 1 is 1.48 bits per heavy atom.